The van der Waals surface area contributed by atoms with Crippen LogP contribution in [0.3, 0.4) is 0 Å². The number of esters is 1. The molecule has 0 fully saturated rings. The third-order valence-electron chi connectivity index (χ3n) is 4.45. The number of methoxy groups -OCH3 is 1. The first-order valence-corrected chi connectivity index (χ1v) is 10.4. The number of nitrogens with one attached hydrogen (secondary N) is 1. The monoisotopic (exact) mass is 417 g/mol. The average molecular weight is 417 g/mol. The summed E-state index contributed by atoms with van der Waals surface area (Å²) in [5.74, 6) is 0.168. The van der Waals surface area contributed by atoms with E-state index >= 15 is 0 Å². The van der Waals surface area contributed by atoms with Crippen molar-refractivity contribution in [2.24, 2.45) is 0 Å². The van der Waals surface area contributed by atoms with Crippen LogP contribution in [0, 0.1) is 0 Å². The van der Waals surface area contributed by atoms with E-state index in [0.29, 0.717) is 17.2 Å². The topological polar surface area (TPSA) is 90.9 Å². The van der Waals surface area contributed by atoms with Crippen LogP contribution in [0.1, 0.15) is 26.3 Å². The van der Waals surface area contributed by atoms with Gasteiger partial charge < -0.3 is 19.5 Å². The molecule has 7 nitrogen and oxygen atoms in total. The highest BCUT2D eigenvalue weighted by atomic mass is 32.2. The van der Waals surface area contributed by atoms with Crippen molar-refractivity contribution in [2.45, 2.75) is 31.1 Å². The van der Waals surface area contributed by atoms with Gasteiger partial charge in [-0.2, -0.15) is 0 Å². The zero-order valence-corrected chi connectivity index (χ0v) is 17.5. The minimum Gasteiger partial charge on any atom is -0.465 e. The van der Waals surface area contributed by atoms with Crippen LogP contribution < -0.4 is 14.8 Å². The summed E-state index contributed by atoms with van der Waals surface area (Å²) in [6.07, 6.45) is 1.12. The van der Waals surface area contributed by atoms with Crippen molar-refractivity contribution in [3.8, 4) is 11.5 Å². The van der Waals surface area contributed by atoms with E-state index in [9.17, 15) is 13.2 Å². The predicted octanol–water partition coefficient (Wildman–Crippen LogP) is 3.61. The summed E-state index contributed by atoms with van der Waals surface area (Å²) in [7, 11) is -2.95. The van der Waals surface area contributed by atoms with Crippen molar-refractivity contribution in [1.82, 2.24) is 0 Å². The molecule has 0 atom stereocenters. The number of rotatable bonds is 5. The van der Waals surface area contributed by atoms with E-state index in [0.717, 1.165) is 18.9 Å². The molecular weight excluding hydrogens is 394 g/mol. The highest BCUT2D eigenvalue weighted by Gasteiger charge is 2.28. The third-order valence-corrected chi connectivity index (χ3v) is 6.21. The van der Waals surface area contributed by atoms with Crippen molar-refractivity contribution in [3.63, 3.8) is 0 Å². The number of sulfone groups is 1. The van der Waals surface area contributed by atoms with Crippen LogP contribution in [0.15, 0.2) is 58.5 Å². The Bertz CT molecular complexity index is 1050. The Morgan fingerprint density at radius 1 is 1.07 bits per heavy atom. The molecule has 154 valence electrons. The van der Waals surface area contributed by atoms with Crippen LogP contribution >= 0.6 is 0 Å². The molecule has 0 amide bonds. The fraction of sp³-hybridized carbons (Fsp3) is 0.286. The first-order valence-electron chi connectivity index (χ1n) is 8.93. The van der Waals surface area contributed by atoms with Gasteiger partial charge in [0.15, 0.2) is 16.4 Å². The summed E-state index contributed by atoms with van der Waals surface area (Å²) in [4.78, 5) is 11.7. The van der Waals surface area contributed by atoms with E-state index in [-0.39, 0.29) is 17.1 Å². The third kappa shape index (κ3) is 4.37. The zero-order chi connectivity index (χ0) is 21.2. The van der Waals surface area contributed by atoms with Crippen LogP contribution in [0.2, 0.25) is 0 Å². The van der Waals surface area contributed by atoms with Crippen LogP contribution in [0.5, 0.6) is 11.5 Å². The second kappa shape index (κ2) is 7.79. The van der Waals surface area contributed by atoms with Crippen LogP contribution in [-0.2, 0) is 24.8 Å². The normalized spacial score (nSPS) is 13.9. The van der Waals surface area contributed by atoms with Gasteiger partial charge in [-0.3, -0.25) is 0 Å². The maximum atomic E-state index is 13.0. The van der Waals surface area contributed by atoms with Crippen LogP contribution in [0.4, 0.5) is 5.69 Å². The molecule has 1 heterocycles. The molecule has 2 aromatic rings. The number of benzene rings is 2. The first-order chi connectivity index (χ1) is 13.6. The number of hydrogen-bond acceptors (Lipinski definition) is 7. The van der Waals surface area contributed by atoms with Crippen molar-refractivity contribution in [2.75, 3.05) is 19.2 Å². The van der Waals surface area contributed by atoms with E-state index in [2.05, 4.69) is 10.1 Å². The van der Waals surface area contributed by atoms with Crippen molar-refractivity contribution >= 4 is 21.5 Å². The van der Waals surface area contributed by atoms with Crippen LogP contribution in [0.25, 0.3) is 0 Å². The lowest BCUT2D eigenvalue weighted by Gasteiger charge is -2.19. The number of fused-ring (bicyclic) bond motifs is 1. The summed E-state index contributed by atoms with van der Waals surface area (Å²) in [5.41, 5.74) is 1.40. The lowest BCUT2D eigenvalue weighted by Crippen LogP contribution is -2.17. The SMILES string of the molecule is COC(=O)/C(=C\Nc1ccc2c(c1)OCO2)S(=O)(=O)c1ccc(C(C)(C)C)cc1. The Labute approximate surface area is 170 Å². The highest BCUT2D eigenvalue weighted by Crippen LogP contribution is 2.34. The average Bonchev–Trinajstić information content (AvgIpc) is 3.15. The second-order valence-electron chi connectivity index (χ2n) is 7.49. The van der Waals surface area contributed by atoms with Crippen molar-refractivity contribution in [3.05, 3.63) is 59.1 Å². The second-order valence-corrected chi connectivity index (χ2v) is 9.41. The zero-order valence-electron chi connectivity index (χ0n) is 16.7. The van der Waals surface area contributed by atoms with Crippen molar-refractivity contribution < 1.29 is 27.4 Å². The highest BCUT2D eigenvalue weighted by molar-refractivity contribution is 7.96. The number of ether oxygens (including phenoxy) is 3. The minimum atomic E-state index is -4.09. The molecule has 1 N–H and O–H groups in total. The number of hydrogen-bond donors (Lipinski definition) is 1. The molecule has 0 bridgehead atoms. The van der Waals surface area contributed by atoms with Gasteiger partial charge in [-0.25, -0.2) is 13.2 Å². The number of anilines is 1. The Morgan fingerprint density at radius 2 is 1.72 bits per heavy atom. The molecule has 29 heavy (non-hydrogen) atoms. The summed E-state index contributed by atoms with van der Waals surface area (Å²) in [5, 5.41) is 2.82. The van der Waals surface area contributed by atoms with E-state index in [1.807, 2.05) is 20.8 Å². The molecule has 0 saturated heterocycles. The summed E-state index contributed by atoms with van der Waals surface area (Å²) in [6.45, 7) is 6.23. The molecular formula is C21H23NO6S. The maximum Gasteiger partial charge on any atom is 0.351 e. The molecule has 0 saturated carbocycles. The minimum absolute atomic E-state index is 0.00892. The summed E-state index contributed by atoms with van der Waals surface area (Å²) < 4.78 is 41.3. The number of carbonyl (C=O) groups excluding carboxylic acids is 1. The van der Waals surface area contributed by atoms with Gasteiger partial charge in [0.1, 0.15) is 0 Å². The molecule has 0 unspecified atom stereocenters. The predicted molar refractivity (Wildman–Crippen MR) is 109 cm³/mol. The standard InChI is InChI=1S/C21H23NO6S/c1-21(2,3)14-5-8-16(9-6-14)29(24,25)19(20(23)26-4)12-22-15-7-10-17-18(11-15)28-13-27-17/h5-12,22H,13H2,1-4H3/b19-12+. The maximum absolute atomic E-state index is 13.0. The fourth-order valence-corrected chi connectivity index (χ4v) is 4.01. The molecule has 0 radical (unpaired) electrons. The Balaban J connectivity index is 1.93. The molecule has 8 heteroatoms. The van der Waals surface area contributed by atoms with Gasteiger partial charge in [0.2, 0.25) is 16.6 Å². The molecule has 0 aromatic heterocycles. The van der Waals surface area contributed by atoms with Crippen LogP contribution in [-0.4, -0.2) is 28.3 Å². The fourth-order valence-electron chi connectivity index (χ4n) is 2.74. The van der Waals surface area contributed by atoms with Crippen molar-refractivity contribution in [1.29, 1.82) is 0 Å². The number of carbonyl (C=O) groups is 1. The molecule has 0 spiro atoms. The Kier molecular flexibility index (Phi) is 5.57. The van der Waals surface area contributed by atoms with E-state index < -0.39 is 20.7 Å². The van der Waals surface area contributed by atoms with Gasteiger partial charge in [0.05, 0.1) is 12.0 Å². The Morgan fingerprint density at radius 3 is 2.34 bits per heavy atom. The first kappa shape index (κ1) is 20.7. The smallest absolute Gasteiger partial charge is 0.351 e. The summed E-state index contributed by atoms with van der Waals surface area (Å²) >= 11 is 0. The van der Waals surface area contributed by atoms with Gasteiger partial charge in [-0.15, -0.1) is 0 Å². The van der Waals surface area contributed by atoms with E-state index in [1.165, 1.54) is 12.1 Å². The molecule has 1 aliphatic heterocycles. The molecule has 3 rings (SSSR count). The lowest BCUT2D eigenvalue weighted by molar-refractivity contribution is -0.135. The molecule has 0 aliphatic carbocycles. The molecule has 1 aliphatic rings. The van der Waals surface area contributed by atoms with E-state index in [4.69, 9.17) is 9.47 Å². The summed E-state index contributed by atoms with van der Waals surface area (Å²) in [6, 6.07) is 11.5. The van der Waals surface area contributed by atoms with Gasteiger partial charge >= 0.3 is 5.97 Å². The molecule has 2 aromatic carbocycles. The largest absolute Gasteiger partial charge is 0.465 e. The quantitative estimate of drug-likeness (QED) is 0.587. The van der Waals surface area contributed by atoms with Gasteiger partial charge in [0, 0.05) is 18.0 Å². The van der Waals surface area contributed by atoms with E-state index in [1.54, 1.807) is 30.3 Å². The Hall–Kier alpha value is -3.00. The van der Waals surface area contributed by atoms with Gasteiger partial charge in [-0.05, 0) is 35.2 Å². The van der Waals surface area contributed by atoms with Gasteiger partial charge in [0.25, 0.3) is 0 Å². The lowest BCUT2D eigenvalue weighted by atomic mass is 9.87. The van der Waals surface area contributed by atoms with Gasteiger partial charge in [-0.1, -0.05) is 32.9 Å².